The van der Waals surface area contributed by atoms with Crippen LogP contribution in [0.1, 0.15) is 27.7 Å². The predicted molar refractivity (Wildman–Crippen MR) is 47.6 cm³/mol. The van der Waals surface area contributed by atoms with Crippen molar-refractivity contribution in [3.8, 4) is 0 Å². The molecule has 0 aromatic carbocycles. The van der Waals surface area contributed by atoms with Crippen molar-refractivity contribution in [2.75, 3.05) is 6.61 Å². The number of rotatable bonds is 4. The van der Waals surface area contributed by atoms with Crippen LogP contribution in [0.4, 0.5) is 4.79 Å². The minimum Gasteiger partial charge on any atom is -0.449 e. The lowest BCUT2D eigenvalue weighted by molar-refractivity contribution is 0.144. The van der Waals surface area contributed by atoms with Crippen LogP contribution in [0.25, 0.3) is 0 Å². The van der Waals surface area contributed by atoms with Crippen molar-refractivity contribution in [3.05, 3.63) is 0 Å². The van der Waals surface area contributed by atoms with Crippen molar-refractivity contribution >= 4 is 6.09 Å². The Morgan fingerprint density at radius 3 is 2.42 bits per heavy atom. The third-order valence-electron chi connectivity index (χ3n) is 1.68. The van der Waals surface area contributed by atoms with Gasteiger partial charge in [-0.1, -0.05) is 13.8 Å². The Hall–Kier alpha value is -0.770. The van der Waals surface area contributed by atoms with Crippen LogP contribution in [0.5, 0.6) is 0 Å². The van der Waals surface area contributed by atoms with Crippen molar-refractivity contribution in [2.45, 2.75) is 33.7 Å². The fraction of sp³-hybridized carbons (Fsp3) is 0.875. The van der Waals surface area contributed by atoms with E-state index in [2.05, 4.69) is 29.4 Å². The maximum absolute atomic E-state index is 10.8. The summed E-state index contributed by atoms with van der Waals surface area (Å²) in [7, 11) is 0. The first-order chi connectivity index (χ1) is 5.57. The second kappa shape index (κ2) is 5.83. The summed E-state index contributed by atoms with van der Waals surface area (Å²) >= 11 is 0. The average Bonchev–Trinajstić information content (AvgIpc) is 2.00. The summed E-state index contributed by atoms with van der Waals surface area (Å²) in [5.41, 5.74) is 5.30. The maximum atomic E-state index is 10.8. The number of ether oxygens (including phenoxy) is 1. The molecule has 1 atom stereocenters. The van der Waals surface area contributed by atoms with E-state index in [1.807, 2.05) is 6.92 Å². The number of carbonyl (C=O) groups is 1. The Kier molecular flexibility index (Phi) is 5.45. The Balaban J connectivity index is 3.47. The highest BCUT2D eigenvalue weighted by Crippen LogP contribution is 1.97. The summed E-state index contributed by atoms with van der Waals surface area (Å²) in [4.78, 5) is 10.8. The third kappa shape index (κ3) is 4.96. The summed E-state index contributed by atoms with van der Waals surface area (Å²) in [6.07, 6.45) is -0.426. The molecule has 0 spiro atoms. The molecule has 12 heavy (non-hydrogen) atoms. The van der Waals surface area contributed by atoms with Crippen LogP contribution in [-0.4, -0.2) is 18.7 Å². The lowest BCUT2D eigenvalue weighted by Gasteiger charge is -2.17. The normalized spacial score (nSPS) is 12.8. The molecule has 1 unspecified atom stereocenters. The highest BCUT2D eigenvalue weighted by atomic mass is 16.5. The van der Waals surface area contributed by atoms with Crippen LogP contribution in [0.15, 0.2) is 0 Å². The zero-order chi connectivity index (χ0) is 9.56. The van der Waals surface area contributed by atoms with E-state index in [4.69, 9.17) is 0 Å². The molecule has 0 bridgehead atoms. The molecule has 0 rings (SSSR count). The van der Waals surface area contributed by atoms with Gasteiger partial charge in [0.25, 0.3) is 0 Å². The van der Waals surface area contributed by atoms with Crippen molar-refractivity contribution < 1.29 is 9.53 Å². The maximum Gasteiger partial charge on any atom is 0.421 e. The van der Waals surface area contributed by atoms with Gasteiger partial charge in [0.1, 0.15) is 0 Å². The van der Waals surface area contributed by atoms with Gasteiger partial charge in [0.05, 0.1) is 6.61 Å². The van der Waals surface area contributed by atoms with Gasteiger partial charge in [0.15, 0.2) is 0 Å². The monoisotopic (exact) mass is 174 g/mol. The number of amides is 1. The van der Waals surface area contributed by atoms with Crippen molar-refractivity contribution in [1.82, 2.24) is 10.9 Å². The molecule has 4 nitrogen and oxygen atoms in total. The molecule has 0 aliphatic rings. The zero-order valence-electron chi connectivity index (χ0n) is 8.18. The number of hydrazine groups is 1. The van der Waals surface area contributed by atoms with Gasteiger partial charge in [-0.25, -0.2) is 10.2 Å². The van der Waals surface area contributed by atoms with E-state index in [1.54, 1.807) is 6.92 Å². The van der Waals surface area contributed by atoms with Gasteiger partial charge in [-0.15, -0.1) is 0 Å². The second-order valence-electron chi connectivity index (χ2n) is 3.02. The van der Waals surface area contributed by atoms with Crippen molar-refractivity contribution in [2.24, 2.45) is 5.92 Å². The molecule has 0 aliphatic heterocycles. The lowest BCUT2D eigenvalue weighted by Crippen LogP contribution is -2.45. The molecule has 0 aromatic heterocycles. The van der Waals surface area contributed by atoms with Gasteiger partial charge < -0.3 is 4.74 Å². The van der Waals surface area contributed by atoms with Gasteiger partial charge in [-0.05, 0) is 19.8 Å². The second-order valence-corrected chi connectivity index (χ2v) is 3.02. The Labute approximate surface area is 73.6 Å². The van der Waals surface area contributed by atoms with E-state index in [-0.39, 0.29) is 6.04 Å². The predicted octanol–water partition coefficient (Wildman–Crippen LogP) is 1.28. The van der Waals surface area contributed by atoms with Gasteiger partial charge in [-0.3, -0.25) is 5.43 Å². The largest absolute Gasteiger partial charge is 0.449 e. The molecular formula is C8H18N2O2. The van der Waals surface area contributed by atoms with Crippen molar-refractivity contribution in [1.29, 1.82) is 0 Å². The molecule has 72 valence electrons. The van der Waals surface area contributed by atoms with E-state index < -0.39 is 6.09 Å². The quantitative estimate of drug-likeness (QED) is 0.631. The highest BCUT2D eigenvalue weighted by Gasteiger charge is 2.07. The molecule has 1 amide bonds. The number of nitrogens with one attached hydrogen (secondary N) is 2. The van der Waals surface area contributed by atoms with E-state index >= 15 is 0 Å². The Morgan fingerprint density at radius 1 is 1.42 bits per heavy atom. The summed E-state index contributed by atoms with van der Waals surface area (Å²) in [6.45, 7) is 8.31. The Morgan fingerprint density at radius 2 is 2.00 bits per heavy atom. The van der Waals surface area contributed by atoms with E-state index in [0.29, 0.717) is 12.5 Å². The first kappa shape index (κ1) is 11.2. The molecular weight excluding hydrogens is 156 g/mol. The smallest absolute Gasteiger partial charge is 0.421 e. The Bertz CT molecular complexity index is 137. The molecule has 0 radical (unpaired) electrons. The molecule has 0 aliphatic carbocycles. The standard InChI is InChI=1S/C8H18N2O2/c1-5-12-8(11)10-9-7(4)6(2)3/h6-7,9H,5H2,1-4H3,(H,10,11). The van der Waals surface area contributed by atoms with Gasteiger partial charge in [0.2, 0.25) is 0 Å². The van der Waals surface area contributed by atoms with Gasteiger partial charge in [0, 0.05) is 6.04 Å². The summed E-state index contributed by atoms with van der Waals surface area (Å²) in [6, 6.07) is 0.245. The fourth-order valence-corrected chi connectivity index (χ4v) is 0.507. The molecule has 0 saturated carbocycles. The number of carbonyl (C=O) groups excluding carboxylic acids is 1. The molecule has 0 fully saturated rings. The summed E-state index contributed by atoms with van der Waals surface area (Å²) in [5.74, 6) is 0.479. The lowest BCUT2D eigenvalue weighted by atomic mass is 10.1. The first-order valence-electron chi connectivity index (χ1n) is 4.26. The third-order valence-corrected chi connectivity index (χ3v) is 1.68. The van der Waals surface area contributed by atoms with E-state index in [0.717, 1.165) is 0 Å². The van der Waals surface area contributed by atoms with Crippen LogP contribution in [-0.2, 0) is 4.74 Å². The molecule has 0 aromatic rings. The van der Waals surface area contributed by atoms with Crippen LogP contribution >= 0.6 is 0 Å². The van der Waals surface area contributed by atoms with Crippen LogP contribution in [0.3, 0.4) is 0 Å². The summed E-state index contributed by atoms with van der Waals surface area (Å²) in [5, 5.41) is 0. The van der Waals surface area contributed by atoms with Gasteiger partial charge in [-0.2, -0.15) is 0 Å². The van der Waals surface area contributed by atoms with E-state index in [1.165, 1.54) is 0 Å². The van der Waals surface area contributed by atoms with Gasteiger partial charge >= 0.3 is 6.09 Å². The van der Waals surface area contributed by atoms with Crippen LogP contribution < -0.4 is 10.9 Å². The highest BCUT2D eigenvalue weighted by molar-refractivity contribution is 5.66. The van der Waals surface area contributed by atoms with Crippen molar-refractivity contribution in [3.63, 3.8) is 0 Å². The average molecular weight is 174 g/mol. The number of hydrogen-bond acceptors (Lipinski definition) is 3. The minimum atomic E-state index is -0.426. The topological polar surface area (TPSA) is 50.4 Å². The van der Waals surface area contributed by atoms with Crippen LogP contribution in [0.2, 0.25) is 0 Å². The molecule has 2 N–H and O–H groups in total. The van der Waals surface area contributed by atoms with E-state index in [9.17, 15) is 4.79 Å². The fourth-order valence-electron chi connectivity index (χ4n) is 0.507. The number of hydrogen-bond donors (Lipinski definition) is 2. The molecule has 0 saturated heterocycles. The molecule has 0 heterocycles. The zero-order valence-corrected chi connectivity index (χ0v) is 8.18. The first-order valence-corrected chi connectivity index (χ1v) is 4.26. The SMILES string of the molecule is CCOC(=O)NNC(C)C(C)C. The van der Waals surface area contributed by atoms with Crippen LogP contribution in [0, 0.1) is 5.92 Å². The minimum absolute atomic E-state index is 0.245. The molecule has 4 heteroatoms. The summed E-state index contributed by atoms with van der Waals surface area (Å²) < 4.78 is 4.66.